The molecule has 1 unspecified atom stereocenters. The molecule has 0 bridgehead atoms. The first-order chi connectivity index (χ1) is 14.7. The Balaban J connectivity index is 1.27. The molecule has 30 heavy (non-hydrogen) atoms. The van der Waals surface area contributed by atoms with Crippen LogP contribution in [0.3, 0.4) is 0 Å². The maximum atomic E-state index is 12.6. The van der Waals surface area contributed by atoms with Crippen molar-refractivity contribution in [2.45, 2.75) is 26.3 Å². The second kappa shape index (κ2) is 7.95. The Morgan fingerprint density at radius 2 is 2.17 bits per heavy atom. The number of hydrogen-bond acceptors (Lipinski definition) is 6. The van der Waals surface area contributed by atoms with Crippen LogP contribution in [0.1, 0.15) is 24.2 Å². The van der Waals surface area contributed by atoms with Gasteiger partial charge in [0.1, 0.15) is 5.76 Å². The van der Waals surface area contributed by atoms with Crippen molar-refractivity contribution in [3.05, 3.63) is 60.2 Å². The van der Waals surface area contributed by atoms with Crippen molar-refractivity contribution in [3.63, 3.8) is 0 Å². The minimum absolute atomic E-state index is 0.0481. The van der Waals surface area contributed by atoms with Crippen molar-refractivity contribution < 1.29 is 9.21 Å². The lowest BCUT2D eigenvalue weighted by molar-refractivity contribution is -0.125. The van der Waals surface area contributed by atoms with E-state index in [1.165, 1.54) is 5.56 Å². The van der Waals surface area contributed by atoms with Gasteiger partial charge in [0.25, 0.3) is 0 Å². The number of aryl methyl sites for hydroxylation is 1. The smallest absolute Gasteiger partial charge is 0.225 e. The number of carbonyl (C=O) groups is 1. The van der Waals surface area contributed by atoms with Gasteiger partial charge in [-0.05, 0) is 31.9 Å². The molecule has 8 heteroatoms. The van der Waals surface area contributed by atoms with E-state index < -0.39 is 0 Å². The Labute approximate surface area is 178 Å². The van der Waals surface area contributed by atoms with E-state index in [2.05, 4.69) is 41.4 Å². The standard InChI is InChI=1S/C22H23N5O2S/c1-15-6-8-16(9-7-15)19-14-27-21(24-19)30-22(25-27)26-10-2-4-17(13-26)20(28)23-12-18-5-3-11-29-18/h3,5-9,11,14,17H,2,4,10,12-13H2,1H3,(H,23,28). The first kappa shape index (κ1) is 18.9. The molecule has 5 rings (SSSR count). The van der Waals surface area contributed by atoms with Crippen molar-refractivity contribution in [1.29, 1.82) is 0 Å². The number of furan rings is 1. The number of aromatic nitrogens is 3. The molecule has 0 spiro atoms. The second-order valence-corrected chi connectivity index (χ2v) is 8.62. The summed E-state index contributed by atoms with van der Waals surface area (Å²) in [6.07, 6.45) is 5.44. The van der Waals surface area contributed by atoms with Crippen molar-refractivity contribution >= 4 is 27.3 Å². The second-order valence-electron chi connectivity index (χ2n) is 7.69. The Kier molecular flexibility index (Phi) is 5.00. The number of carbonyl (C=O) groups excluding carboxylic acids is 1. The highest BCUT2D eigenvalue weighted by Crippen LogP contribution is 2.30. The third-order valence-corrected chi connectivity index (χ3v) is 6.44. The lowest BCUT2D eigenvalue weighted by atomic mass is 9.97. The van der Waals surface area contributed by atoms with Crippen LogP contribution in [0, 0.1) is 12.8 Å². The number of piperidine rings is 1. The molecule has 0 aliphatic carbocycles. The van der Waals surface area contributed by atoms with E-state index >= 15 is 0 Å². The Hall–Kier alpha value is -3.13. The maximum Gasteiger partial charge on any atom is 0.225 e. The van der Waals surface area contributed by atoms with Crippen LogP contribution >= 0.6 is 11.3 Å². The van der Waals surface area contributed by atoms with Gasteiger partial charge < -0.3 is 14.6 Å². The summed E-state index contributed by atoms with van der Waals surface area (Å²) in [5.41, 5.74) is 3.24. The predicted octanol–water partition coefficient (Wildman–Crippen LogP) is 3.89. The lowest BCUT2D eigenvalue weighted by Crippen LogP contribution is -2.43. The molecule has 1 aliphatic heterocycles. The van der Waals surface area contributed by atoms with Gasteiger partial charge in [0.05, 0.1) is 30.6 Å². The van der Waals surface area contributed by atoms with Gasteiger partial charge in [-0.1, -0.05) is 41.2 Å². The molecule has 154 valence electrons. The summed E-state index contributed by atoms with van der Waals surface area (Å²) in [6.45, 7) is 4.08. The third kappa shape index (κ3) is 3.82. The molecule has 1 aliphatic rings. The molecule has 1 atom stereocenters. The Bertz CT molecular complexity index is 1110. The molecule has 4 heterocycles. The van der Waals surface area contributed by atoms with Crippen LogP contribution in [0.5, 0.6) is 0 Å². The average Bonchev–Trinajstić information content (AvgIpc) is 3.49. The number of nitrogens with zero attached hydrogens (tertiary/aromatic N) is 4. The van der Waals surface area contributed by atoms with Crippen LogP contribution in [-0.4, -0.2) is 33.6 Å². The van der Waals surface area contributed by atoms with Crippen LogP contribution in [-0.2, 0) is 11.3 Å². The fourth-order valence-electron chi connectivity index (χ4n) is 3.78. The van der Waals surface area contributed by atoms with Gasteiger partial charge in [-0.3, -0.25) is 4.79 Å². The number of hydrogen-bond donors (Lipinski definition) is 1. The highest BCUT2D eigenvalue weighted by molar-refractivity contribution is 7.20. The average molecular weight is 422 g/mol. The van der Waals surface area contributed by atoms with Crippen molar-refractivity contribution in [2.24, 2.45) is 5.92 Å². The summed E-state index contributed by atoms with van der Waals surface area (Å²) in [6, 6.07) is 12.0. The molecule has 0 radical (unpaired) electrons. The minimum Gasteiger partial charge on any atom is -0.467 e. The Morgan fingerprint density at radius 1 is 1.30 bits per heavy atom. The number of amides is 1. The molecule has 0 saturated carbocycles. The summed E-state index contributed by atoms with van der Waals surface area (Å²) in [7, 11) is 0. The number of imidazole rings is 1. The number of benzene rings is 1. The zero-order chi connectivity index (χ0) is 20.5. The van der Waals surface area contributed by atoms with E-state index in [9.17, 15) is 4.79 Å². The van der Waals surface area contributed by atoms with Crippen molar-refractivity contribution in [2.75, 3.05) is 18.0 Å². The predicted molar refractivity (Wildman–Crippen MR) is 117 cm³/mol. The normalized spacial score (nSPS) is 16.8. The number of anilines is 1. The summed E-state index contributed by atoms with van der Waals surface area (Å²) in [5, 5.41) is 8.63. The van der Waals surface area contributed by atoms with Crippen LogP contribution in [0.2, 0.25) is 0 Å². The van der Waals surface area contributed by atoms with E-state index in [-0.39, 0.29) is 11.8 Å². The van der Waals surface area contributed by atoms with Crippen LogP contribution < -0.4 is 10.2 Å². The summed E-state index contributed by atoms with van der Waals surface area (Å²) in [4.78, 5) is 20.4. The van der Waals surface area contributed by atoms with E-state index in [0.717, 1.165) is 46.5 Å². The topological polar surface area (TPSA) is 75.7 Å². The molecule has 1 N–H and O–H groups in total. The molecule has 3 aromatic heterocycles. The highest BCUT2D eigenvalue weighted by Gasteiger charge is 2.28. The fourth-order valence-corrected chi connectivity index (χ4v) is 4.70. The van der Waals surface area contributed by atoms with E-state index in [1.807, 2.05) is 22.8 Å². The molecular formula is C22H23N5O2S. The van der Waals surface area contributed by atoms with Crippen molar-refractivity contribution in [1.82, 2.24) is 19.9 Å². The molecule has 1 fully saturated rings. The molecule has 7 nitrogen and oxygen atoms in total. The number of fused-ring (bicyclic) bond motifs is 1. The van der Waals surface area contributed by atoms with Gasteiger partial charge in [-0.15, -0.1) is 5.10 Å². The van der Waals surface area contributed by atoms with E-state index in [0.29, 0.717) is 13.1 Å². The van der Waals surface area contributed by atoms with Gasteiger partial charge in [-0.25, -0.2) is 9.50 Å². The van der Waals surface area contributed by atoms with Gasteiger partial charge in [0.2, 0.25) is 16.0 Å². The number of rotatable bonds is 5. The van der Waals surface area contributed by atoms with Crippen LogP contribution in [0.25, 0.3) is 16.2 Å². The zero-order valence-electron chi connectivity index (χ0n) is 16.7. The van der Waals surface area contributed by atoms with Gasteiger partial charge >= 0.3 is 0 Å². The highest BCUT2D eigenvalue weighted by atomic mass is 32.1. The molecule has 1 saturated heterocycles. The van der Waals surface area contributed by atoms with Crippen LogP contribution in [0.4, 0.5) is 5.13 Å². The molecular weight excluding hydrogens is 398 g/mol. The first-order valence-electron chi connectivity index (χ1n) is 10.1. The first-order valence-corrected chi connectivity index (χ1v) is 11.0. The van der Waals surface area contributed by atoms with Gasteiger partial charge in [-0.2, -0.15) is 0 Å². The molecule has 1 aromatic carbocycles. The van der Waals surface area contributed by atoms with E-state index in [1.54, 1.807) is 17.6 Å². The van der Waals surface area contributed by atoms with Gasteiger partial charge in [0, 0.05) is 18.7 Å². The third-order valence-electron chi connectivity index (χ3n) is 5.46. The largest absolute Gasteiger partial charge is 0.467 e. The molecule has 4 aromatic rings. The van der Waals surface area contributed by atoms with Gasteiger partial charge in [0.15, 0.2) is 0 Å². The minimum atomic E-state index is -0.0481. The SMILES string of the molecule is Cc1ccc(-c2cn3nc(N4CCCC(C(=O)NCc5ccco5)C4)sc3n2)cc1. The van der Waals surface area contributed by atoms with E-state index in [4.69, 9.17) is 14.5 Å². The number of nitrogens with one attached hydrogen (secondary N) is 1. The zero-order valence-corrected chi connectivity index (χ0v) is 17.6. The van der Waals surface area contributed by atoms with Crippen LogP contribution in [0.15, 0.2) is 53.3 Å². The lowest BCUT2D eigenvalue weighted by Gasteiger charge is -2.31. The summed E-state index contributed by atoms with van der Waals surface area (Å²) < 4.78 is 7.13. The quantitative estimate of drug-likeness (QED) is 0.529. The summed E-state index contributed by atoms with van der Waals surface area (Å²) >= 11 is 1.57. The monoisotopic (exact) mass is 421 g/mol. The van der Waals surface area contributed by atoms with Crippen molar-refractivity contribution in [3.8, 4) is 11.3 Å². The molecule has 1 amide bonds. The maximum absolute atomic E-state index is 12.6. The fraction of sp³-hybridized carbons (Fsp3) is 0.318. The summed E-state index contributed by atoms with van der Waals surface area (Å²) in [5.74, 6) is 0.786. The Morgan fingerprint density at radius 3 is 2.93 bits per heavy atom.